The number of aromatic nitrogens is 2. The van der Waals surface area contributed by atoms with Crippen molar-refractivity contribution < 1.29 is 10.2 Å². The Kier molecular flexibility index (Phi) is 5.92. The maximum atomic E-state index is 11.2. The lowest BCUT2D eigenvalue weighted by atomic mass is 9.84. The van der Waals surface area contributed by atoms with Gasteiger partial charge in [-0.3, -0.25) is 9.59 Å². The van der Waals surface area contributed by atoms with Crippen molar-refractivity contribution >= 4 is 21.8 Å². The van der Waals surface area contributed by atoms with Crippen LogP contribution in [0.1, 0.15) is 52.7 Å². The van der Waals surface area contributed by atoms with Gasteiger partial charge in [-0.05, 0) is 46.2 Å². The molecule has 4 aromatic rings. The summed E-state index contributed by atoms with van der Waals surface area (Å²) in [5.41, 5.74) is 2.87. The molecule has 0 aliphatic heterocycles. The Morgan fingerprint density at radius 1 is 0.656 bits per heavy atom. The van der Waals surface area contributed by atoms with Gasteiger partial charge in [0.15, 0.2) is 0 Å². The first-order chi connectivity index (χ1) is 14.8. The molecule has 2 heterocycles. The van der Waals surface area contributed by atoms with Crippen LogP contribution in [-0.4, -0.2) is 20.2 Å². The maximum Gasteiger partial charge on any atom is 0.248 e. The highest BCUT2D eigenvalue weighted by Crippen LogP contribution is 2.33. The largest absolute Gasteiger partial charge is 0.508 e. The van der Waals surface area contributed by atoms with Crippen LogP contribution in [0.2, 0.25) is 0 Å². The normalized spacial score (nSPS) is 11.9. The van der Waals surface area contributed by atoms with E-state index in [0.29, 0.717) is 11.0 Å². The first-order valence-corrected chi connectivity index (χ1v) is 10.5. The molecule has 0 atom stereocenters. The van der Waals surface area contributed by atoms with E-state index >= 15 is 0 Å². The van der Waals surface area contributed by atoms with Crippen LogP contribution in [0.4, 0.5) is 0 Å². The van der Waals surface area contributed by atoms with Crippen LogP contribution in [-0.2, 0) is 10.8 Å². The van der Waals surface area contributed by atoms with Crippen molar-refractivity contribution in [1.29, 1.82) is 0 Å². The molecule has 4 rings (SSSR count). The van der Waals surface area contributed by atoms with Gasteiger partial charge in [-0.1, -0.05) is 47.6 Å². The number of phenols is 2. The monoisotopic (exact) mass is 434 g/mol. The van der Waals surface area contributed by atoms with Crippen LogP contribution in [0.5, 0.6) is 11.5 Å². The molecular formula is C26H30N2O4. The van der Waals surface area contributed by atoms with Gasteiger partial charge in [0.05, 0.1) is 11.0 Å². The SMILES string of the molecule is CC(C)(C)c1cc(O)cc2[nH]c(=O)ccc12.CC(C)(C)c1ccc(O)c2[nH]c(=O)ccc12. The number of H-pyrrole nitrogens is 2. The third kappa shape index (κ3) is 4.85. The molecule has 0 spiro atoms. The van der Waals surface area contributed by atoms with E-state index in [0.717, 1.165) is 21.9 Å². The molecule has 4 N–H and O–H groups in total. The van der Waals surface area contributed by atoms with Gasteiger partial charge in [-0.25, -0.2) is 0 Å². The van der Waals surface area contributed by atoms with Crippen LogP contribution in [0, 0.1) is 0 Å². The van der Waals surface area contributed by atoms with E-state index in [1.165, 1.54) is 12.1 Å². The van der Waals surface area contributed by atoms with Crippen LogP contribution in [0.25, 0.3) is 21.8 Å². The van der Waals surface area contributed by atoms with Gasteiger partial charge < -0.3 is 20.2 Å². The number of aromatic hydroxyl groups is 2. The van der Waals surface area contributed by atoms with Crippen LogP contribution in [0.3, 0.4) is 0 Å². The molecule has 0 saturated heterocycles. The number of fused-ring (bicyclic) bond motifs is 2. The minimum atomic E-state index is -0.200. The van der Waals surface area contributed by atoms with Gasteiger partial charge in [-0.2, -0.15) is 0 Å². The van der Waals surface area contributed by atoms with Crippen molar-refractivity contribution in [3.8, 4) is 11.5 Å². The highest BCUT2D eigenvalue weighted by atomic mass is 16.3. The first kappa shape index (κ1) is 23.1. The van der Waals surface area contributed by atoms with Crippen LogP contribution in [0.15, 0.2) is 58.1 Å². The van der Waals surface area contributed by atoms with E-state index in [9.17, 15) is 19.8 Å². The van der Waals surface area contributed by atoms with Crippen molar-refractivity contribution in [3.05, 3.63) is 80.4 Å². The van der Waals surface area contributed by atoms with Crippen molar-refractivity contribution in [3.63, 3.8) is 0 Å². The molecule has 0 aliphatic rings. The number of nitrogens with one attached hydrogen (secondary N) is 2. The fourth-order valence-corrected chi connectivity index (χ4v) is 3.77. The minimum absolute atomic E-state index is 0.0236. The molecule has 168 valence electrons. The molecule has 0 fully saturated rings. The van der Waals surface area contributed by atoms with Crippen molar-refractivity contribution in [2.75, 3.05) is 0 Å². The number of rotatable bonds is 0. The zero-order chi connectivity index (χ0) is 23.8. The lowest BCUT2D eigenvalue weighted by Crippen LogP contribution is -2.13. The average Bonchev–Trinajstić information content (AvgIpc) is 2.66. The highest BCUT2D eigenvalue weighted by Gasteiger charge is 2.19. The molecule has 2 aromatic heterocycles. The summed E-state index contributed by atoms with van der Waals surface area (Å²) in [4.78, 5) is 27.8. The van der Waals surface area contributed by atoms with Crippen molar-refractivity contribution in [2.45, 2.75) is 52.4 Å². The summed E-state index contributed by atoms with van der Waals surface area (Å²) < 4.78 is 0. The zero-order valence-electron chi connectivity index (χ0n) is 19.3. The lowest BCUT2D eigenvalue weighted by Gasteiger charge is -2.21. The third-order valence-corrected chi connectivity index (χ3v) is 5.31. The summed E-state index contributed by atoms with van der Waals surface area (Å²) in [6.07, 6.45) is 0. The van der Waals surface area contributed by atoms with E-state index in [1.807, 2.05) is 6.07 Å². The first-order valence-electron chi connectivity index (χ1n) is 10.5. The molecule has 0 amide bonds. The van der Waals surface area contributed by atoms with E-state index in [4.69, 9.17) is 0 Å². The number of hydrogen-bond acceptors (Lipinski definition) is 4. The topological polar surface area (TPSA) is 106 Å². The maximum absolute atomic E-state index is 11.2. The fraction of sp³-hybridized carbons (Fsp3) is 0.308. The zero-order valence-corrected chi connectivity index (χ0v) is 19.3. The quantitative estimate of drug-likeness (QED) is 0.310. The van der Waals surface area contributed by atoms with Crippen LogP contribution < -0.4 is 11.1 Å². The molecule has 0 bridgehead atoms. The Balaban J connectivity index is 0.000000181. The molecule has 6 heteroatoms. The van der Waals surface area contributed by atoms with E-state index in [2.05, 4.69) is 51.5 Å². The van der Waals surface area contributed by atoms with E-state index in [-0.39, 0.29) is 33.4 Å². The highest BCUT2D eigenvalue weighted by molar-refractivity contribution is 5.88. The summed E-state index contributed by atoms with van der Waals surface area (Å²) in [5.74, 6) is 0.292. The molecule has 6 nitrogen and oxygen atoms in total. The Morgan fingerprint density at radius 2 is 1.22 bits per heavy atom. The fourth-order valence-electron chi connectivity index (χ4n) is 3.77. The number of benzene rings is 2. The molecule has 0 saturated carbocycles. The van der Waals surface area contributed by atoms with Crippen LogP contribution >= 0.6 is 0 Å². The van der Waals surface area contributed by atoms with Crippen molar-refractivity contribution in [2.24, 2.45) is 0 Å². The Morgan fingerprint density at radius 3 is 1.81 bits per heavy atom. The number of pyridine rings is 2. The number of phenolic OH excluding ortho intramolecular Hbond substituents is 2. The smallest absolute Gasteiger partial charge is 0.248 e. The van der Waals surface area contributed by atoms with Gasteiger partial charge >= 0.3 is 0 Å². The summed E-state index contributed by atoms with van der Waals surface area (Å²) in [7, 11) is 0. The number of aromatic amines is 2. The van der Waals surface area contributed by atoms with E-state index < -0.39 is 0 Å². The molecule has 0 unspecified atom stereocenters. The predicted molar refractivity (Wildman–Crippen MR) is 130 cm³/mol. The Hall–Kier alpha value is -3.54. The second-order valence-electron chi connectivity index (χ2n) is 10.0. The van der Waals surface area contributed by atoms with Crippen molar-refractivity contribution in [1.82, 2.24) is 9.97 Å². The molecule has 32 heavy (non-hydrogen) atoms. The Bertz CT molecular complexity index is 1400. The second-order valence-corrected chi connectivity index (χ2v) is 10.0. The third-order valence-electron chi connectivity index (χ3n) is 5.31. The predicted octanol–water partition coefficient (Wildman–Crippen LogP) is 5.06. The lowest BCUT2D eigenvalue weighted by molar-refractivity contribution is 0.472. The molecular weight excluding hydrogens is 404 g/mol. The van der Waals surface area contributed by atoms with Gasteiger partial charge in [-0.15, -0.1) is 0 Å². The summed E-state index contributed by atoms with van der Waals surface area (Å²) in [5, 5.41) is 21.2. The summed E-state index contributed by atoms with van der Waals surface area (Å²) in [6, 6.07) is 13.4. The van der Waals surface area contributed by atoms with Gasteiger partial charge in [0, 0.05) is 29.0 Å². The average molecular weight is 435 g/mol. The summed E-state index contributed by atoms with van der Waals surface area (Å²) >= 11 is 0. The number of hydrogen-bond donors (Lipinski definition) is 4. The van der Waals surface area contributed by atoms with Gasteiger partial charge in [0.2, 0.25) is 11.1 Å². The molecule has 2 aromatic carbocycles. The Labute approximate surface area is 186 Å². The van der Waals surface area contributed by atoms with Gasteiger partial charge in [0.1, 0.15) is 11.5 Å². The molecule has 0 aliphatic carbocycles. The minimum Gasteiger partial charge on any atom is -0.508 e. The molecule has 0 radical (unpaired) electrons. The summed E-state index contributed by atoms with van der Waals surface area (Å²) in [6.45, 7) is 12.5. The second kappa shape index (κ2) is 8.19. The van der Waals surface area contributed by atoms with E-state index in [1.54, 1.807) is 30.3 Å². The standard InChI is InChI=1S/2C13H15NO2/c1-13(2,3)9-5-6-10(15)12-8(9)4-7-11(16)14-12;1-13(2,3)10-6-8(15)7-11-9(10)4-5-12(16)14-11/h2*4-7,15H,1-3H3,(H,14,16). The van der Waals surface area contributed by atoms with Gasteiger partial charge in [0.25, 0.3) is 0 Å².